The Morgan fingerprint density at radius 2 is 2.10 bits per heavy atom. The Morgan fingerprint density at radius 3 is 2.70 bits per heavy atom. The molecule has 1 fully saturated rings. The van der Waals surface area contributed by atoms with Gasteiger partial charge in [-0.25, -0.2) is 4.79 Å². The molecule has 5 heteroatoms. The van der Waals surface area contributed by atoms with Gasteiger partial charge in [-0.15, -0.1) is 0 Å². The Kier molecular flexibility index (Phi) is 4.49. The Hall–Kier alpha value is -1.75. The molecule has 1 unspecified atom stereocenters. The number of phenols is 1. The van der Waals surface area contributed by atoms with E-state index in [9.17, 15) is 9.90 Å². The molecule has 2 N–H and O–H groups in total. The van der Waals surface area contributed by atoms with Crippen molar-refractivity contribution in [2.75, 3.05) is 20.2 Å². The van der Waals surface area contributed by atoms with E-state index in [0.717, 1.165) is 37.2 Å². The van der Waals surface area contributed by atoms with Gasteiger partial charge in [0.25, 0.3) is 0 Å². The number of benzene rings is 1. The first-order chi connectivity index (χ1) is 9.49. The van der Waals surface area contributed by atoms with Crippen molar-refractivity contribution in [1.82, 2.24) is 10.2 Å². The SMILES string of the molecule is COC(=O)NC1CCN(Cc2cc(C)c(O)c(C)c2)C1. The van der Waals surface area contributed by atoms with Gasteiger partial charge in [-0.05, 0) is 37.0 Å². The topological polar surface area (TPSA) is 61.8 Å². The fourth-order valence-corrected chi connectivity index (χ4v) is 2.71. The molecule has 1 atom stereocenters. The Balaban J connectivity index is 1.94. The number of phenolic OH excluding ortho intramolecular Hbond substituents is 1. The Morgan fingerprint density at radius 1 is 1.45 bits per heavy atom. The monoisotopic (exact) mass is 278 g/mol. The highest BCUT2D eigenvalue weighted by Crippen LogP contribution is 2.24. The lowest BCUT2D eigenvalue weighted by atomic mass is 10.1. The van der Waals surface area contributed by atoms with Gasteiger partial charge in [-0.1, -0.05) is 12.1 Å². The zero-order valence-electron chi connectivity index (χ0n) is 12.3. The molecular weight excluding hydrogens is 256 g/mol. The molecule has 0 aliphatic carbocycles. The number of carbonyl (C=O) groups is 1. The normalized spacial score (nSPS) is 19.1. The molecule has 110 valence electrons. The molecule has 0 bridgehead atoms. The van der Waals surface area contributed by atoms with Crippen LogP contribution in [-0.4, -0.2) is 42.3 Å². The molecule has 0 radical (unpaired) electrons. The maximum Gasteiger partial charge on any atom is 0.407 e. The highest BCUT2D eigenvalue weighted by atomic mass is 16.5. The number of carbonyl (C=O) groups excluding carboxylic acids is 1. The molecule has 0 saturated carbocycles. The highest BCUT2D eigenvalue weighted by Gasteiger charge is 2.24. The van der Waals surface area contributed by atoms with Gasteiger partial charge in [0.15, 0.2) is 0 Å². The number of likely N-dealkylation sites (tertiary alicyclic amines) is 1. The number of hydrogen-bond acceptors (Lipinski definition) is 4. The van der Waals surface area contributed by atoms with Crippen molar-refractivity contribution in [3.63, 3.8) is 0 Å². The summed E-state index contributed by atoms with van der Waals surface area (Å²) in [5, 5.41) is 12.6. The molecule has 1 aliphatic rings. The van der Waals surface area contributed by atoms with Crippen LogP contribution in [0.15, 0.2) is 12.1 Å². The second-order valence-electron chi connectivity index (χ2n) is 5.43. The molecular formula is C15H22N2O3. The smallest absolute Gasteiger partial charge is 0.407 e. The zero-order valence-corrected chi connectivity index (χ0v) is 12.3. The predicted molar refractivity (Wildman–Crippen MR) is 76.8 cm³/mol. The second kappa shape index (κ2) is 6.13. The van der Waals surface area contributed by atoms with Crippen LogP contribution in [0.25, 0.3) is 0 Å². The molecule has 1 aromatic rings. The summed E-state index contributed by atoms with van der Waals surface area (Å²) in [5.41, 5.74) is 3.00. The second-order valence-corrected chi connectivity index (χ2v) is 5.43. The van der Waals surface area contributed by atoms with E-state index in [0.29, 0.717) is 5.75 Å². The van der Waals surface area contributed by atoms with Gasteiger partial charge in [0.05, 0.1) is 7.11 Å². The van der Waals surface area contributed by atoms with E-state index >= 15 is 0 Å². The number of nitrogens with one attached hydrogen (secondary N) is 1. The molecule has 1 saturated heterocycles. The molecule has 2 rings (SSSR count). The van der Waals surface area contributed by atoms with Crippen LogP contribution in [0.2, 0.25) is 0 Å². The molecule has 0 spiro atoms. The van der Waals surface area contributed by atoms with Crippen molar-refractivity contribution in [3.8, 4) is 5.75 Å². The van der Waals surface area contributed by atoms with Gasteiger partial charge in [0.1, 0.15) is 5.75 Å². The Labute approximate surface area is 119 Å². The molecule has 1 aromatic carbocycles. The summed E-state index contributed by atoms with van der Waals surface area (Å²) in [5.74, 6) is 0.375. The molecule has 20 heavy (non-hydrogen) atoms. The van der Waals surface area contributed by atoms with Gasteiger partial charge >= 0.3 is 6.09 Å². The first kappa shape index (κ1) is 14.7. The average Bonchev–Trinajstić information content (AvgIpc) is 2.83. The number of amides is 1. The maximum atomic E-state index is 11.2. The lowest BCUT2D eigenvalue weighted by molar-refractivity contribution is 0.166. The summed E-state index contributed by atoms with van der Waals surface area (Å²) >= 11 is 0. The van der Waals surface area contributed by atoms with Crippen LogP contribution in [0.5, 0.6) is 5.75 Å². The lowest BCUT2D eigenvalue weighted by Gasteiger charge is -2.17. The van der Waals surface area contributed by atoms with Crippen molar-refractivity contribution in [1.29, 1.82) is 0 Å². The number of aromatic hydroxyl groups is 1. The van der Waals surface area contributed by atoms with Crippen molar-refractivity contribution in [3.05, 3.63) is 28.8 Å². The summed E-state index contributed by atoms with van der Waals surface area (Å²) in [6.45, 7) is 6.44. The fraction of sp³-hybridized carbons (Fsp3) is 0.533. The number of alkyl carbamates (subject to hydrolysis) is 1. The molecule has 5 nitrogen and oxygen atoms in total. The maximum absolute atomic E-state index is 11.2. The van der Waals surface area contributed by atoms with Gasteiger partial charge in [0.2, 0.25) is 0 Å². The van der Waals surface area contributed by atoms with Crippen LogP contribution < -0.4 is 5.32 Å². The molecule has 1 aliphatic heterocycles. The largest absolute Gasteiger partial charge is 0.507 e. The van der Waals surface area contributed by atoms with E-state index in [2.05, 4.69) is 15.0 Å². The van der Waals surface area contributed by atoms with Crippen molar-refractivity contribution in [2.24, 2.45) is 0 Å². The molecule has 1 amide bonds. The third-order valence-electron chi connectivity index (χ3n) is 3.74. The molecule has 0 aromatic heterocycles. The minimum atomic E-state index is -0.367. The van der Waals surface area contributed by atoms with Crippen LogP contribution in [-0.2, 0) is 11.3 Å². The van der Waals surface area contributed by atoms with Crippen LogP contribution in [0.3, 0.4) is 0 Å². The zero-order chi connectivity index (χ0) is 14.7. The highest BCUT2D eigenvalue weighted by molar-refractivity contribution is 5.67. The molecule has 1 heterocycles. The van der Waals surface area contributed by atoms with Crippen LogP contribution in [0, 0.1) is 13.8 Å². The number of nitrogens with zero attached hydrogens (tertiary/aromatic N) is 1. The minimum absolute atomic E-state index is 0.154. The van der Waals surface area contributed by atoms with Crippen molar-refractivity contribution in [2.45, 2.75) is 32.9 Å². The summed E-state index contributed by atoms with van der Waals surface area (Å²) in [6, 6.07) is 4.19. The number of ether oxygens (including phenoxy) is 1. The summed E-state index contributed by atoms with van der Waals surface area (Å²) in [7, 11) is 1.38. The van der Waals surface area contributed by atoms with Crippen LogP contribution >= 0.6 is 0 Å². The van der Waals surface area contributed by atoms with Gasteiger partial charge in [0, 0.05) is 25.7 Å². The number of rotatable bonds is 3. The standard InChI is InChI=1S/C15H22N2O3/c1-10-6-12(7-11(2)14(10)18)8-17-5-4-13(9-17)16-15(19)20-3/h6-7,13,18H,4-5,8-9H2,1-3H3,(H,16,19). The quantitative estimate of drug-likeness (QED) is 0.887. The number of aryl methyl sites for hydroxylation is 2. The summed E-state index contributed by atoms with van der Waals surface area (Å²) in [4.78, 5) is 13.5. The number of methoxy groups -OCH3 is 1. The Bertz CT molecular complexity index is 479. The third kappa shape index (κ3) is 3.42. The van der Waals surface area contributed by atoms with Gasteiger partial charge < -0.3 is 15.2 Å². The van der Waals surface area contributed by atoms with E-state index in [1.165, 1.54) is 12.7 Å². The summed E-state index contributed by atoms with van der Waals surface area (Å²) in [6.07, 6.45) is 0.568. The van der Waals surface area contributed by atoms with E-state index in [1.807, 2.05) is 26.0 Å². The predicted octanol–water partition coefficient (Wildman–Crippen LogP) is 1.94. The van der Waals surface area contributed by atoms with E-state index in [1.54, 1.807) is 0 Å². The first-order valence-electron chi connectivity index (χ1n) is 6.85. The van der Waals surface area contributed by atoms with Gasteiger partial charge in [-0.3, -0.25) is 4.90 Å². The van der Waals surface area contributed by atoms with Crippen LogP contribution in [0.4, 0.5) is 4.79 Å². The van der Waals surface area contributed by atoms with Crippen molar-refractivity contribution >= 4 is 6.09 Å². The average molecular weight is 278 g/mol. The fourth-order valence-electron chi connectivity index (χ4n) is 2.71. The van der Waals surface area contributed by atoms with E-state index in [-0.39, 0.29) is 12.1 Å². The van der Waals surface area contributed by atoms with Crippen LogP contribution in [0.1, 0.15) is 23.1 Å². The lowest BCUT2D eigenvalue weighted by Crippen LogP contribution is -2.36. The number of hydrogen-bond donors (Lipinski definition) is 2. The summed E-state index contributed by atoms with van der Waals surface area (Å²) < 4.78 is 4.61. The van der Waals surface area contributed by atoms with Crippen molar-refractivity contribution < 1.29 is 14.6 Å². The van der Waals surface area contributed by atoms with Gasteiger partial charge in [-0.2, -0.15) is 0 Å². The first-order valence-corrected chi connectivity index (χ1v) is 6.85. The van der Waals surface area contributed by atoms with E-state index < -0.39 is 0 Å². The minimum Gasteiger partial charge on any atom is -0.507 e. The third-order valence-corrected chi connectivity index (χ3v) is 3.74. The van der Waals surface area contributed by atoms with E-state index in [4.69, 9.17) is 0 Å².